The Morgan fingerprint density at radius 2 is 2.57 bits per heavy atom. The van der Waals surface area contributed by atoms with Gasteiger partial charge >= 0.3 is 0 Å². The lowest BCUT2D eigenvalue weighted by Gasteiger charge is -2.22. The van der Waals surface area contributed by atoms with Gasteiger partial charge in [-0.05, 0) is 42.4 Å². The molecule has 0 bridgehead atoms. The maximum atomic E-state index is 5.46. The highest BCUT2D eigenvalue weighted by Gasteiger charge is 2.16. The topological polar surface area (TPSA) is 27.1 Å². The summed E-state index contributed by atoms with van der Waals surface area (Å²) in [4.78, 5) is 0. The second-order valence-corrected chi connectivity index (χ2v) is 5.01. The summed E-state index contributed by atoms with van der Waals surface area (Å²) in [5.74, 6) is 0.651. The molecule has 2 rings (SSSR count). The number of nitrogens with zero attached hydrogens (tertiary/aromatic N) is 2. The standard InChI is InChI=1S/C10H15IN2O/c1-8-10(11)5-12-13(8)6-9-3-2-4-14-7-9/h5,9H,2-4,6-7H2,1H3. The van der Waals surface area contributed by atoms with E-state index in [0.717, 1.165) is 19.8 Å². The van der Waals surface area contributed by atoms with Crippen molar-refractivity contribution in [1.29, 1.82) is 0 Å². The second kappa shape index (κ2) is 4.61. The lowest BCUT2D eigenvalue weighted by atomic mass is 10.0. The van der Waals surface area contributed by atoms with Gasteiger partial charge in [-0.2, -0.15) is 5.10 Å². The zero-order valence-electron chi connectivity index (χ0n) is 8.37. The van der Waals surface area contributed by atoms with Crippen molar-refractivity contribution in [1.82, 2.24) is 9.78 Å². The van der Waals surface area contributed by atoms with E-state index in [1.807, 2.05) is 6.20 Å². The molecule has 1 aliphatic rings. The molecule has 1 saturated heterocycles. The molecule has 2 heterocycles. The first-order valence-corrected chi connectivity index (χ1v) is 6.11. The molecule has 4 heteroatoms. The van der Waals surface area contributed by atoms with E-state index in [-0.39, 0.29) is 0 Å². The highest BCUT2D eigenvalue weighted by molar-refractivity contribution is 14.1. The van der Waals surface area contributed by atoms with E-state index >= 15 is 0 Å². The van der Waals surface area contributed by atoms with Gasteiger partial charge in [-0.1, -0.05) is 0 Å². The van der Waals surface area contributed by atoms with Gasteiger partial charge in [0.15, 0.2) is 0 Å². The van der Waals surface area contributed by atoms with E-state index < -0.39 is 0 Å². The van der Waals surface area contributed by atoms with Crippen LogP contribution in [0.15, 0.2) is 6.20 Å². The first kappa shape index (κ1) is 10.4. The molecule has 0 saturated carbocycles. The largest absolute Gasteiger partial charge is 0.381 e. The van der Waals surface area contributed by atoms with Crippen LogP contribution in [0.25, 0.3) is 0 Å². The van der Waals surface area contributed by atoms with Crippen molar-refractivity contribution in [2.45, 2.75) is 26.3 Å². The third-order valence-electron chi connectivity index (χ3n) is 2.73. The monoisotopic (exact) mass is 306 g/mol. The van der Waals surface area contributed by atoms with E-state index in [1.165, 1.54) is 22.1 Å². The molecule has 1 unspecified atom stereocenters. The predicted molar refractivity (Wildman–Crippen MR) is 63.2 cm³/mol. The highest BCUT2D eigenvalue weighted by atomic mass is 127. The van der Waals surface area contributed by atoms with Crippen molar-refractivity contribution >= 4 is 22.6 Å². The van der Waals surface area contributed by atoms with Crippen molar-refractivity contribution < 1.29 is 4.74 Å². The van der Waals surface area contributed by atoms with Gasteiger partial charge < -0.3 is 4.74 Å². The van der Waals surface area contributed by atoms with Crippen LogP contribution in [0.4, 0.5) is 0 Å². The van der Waals surface area contributed by atoms with E-state index in [4.69, 9.17) is 4.74 Å². The van der Waals surface area contributed by atoms with Gasteiger partial charge in [-0.25, -0.2) is 0 Å². The zero-order chi connectivity index (χ0) is 9.97. The fourth-order valence-corrected chi connectivity index (χ4v) is 2.21. The maximum Gasteiger partial charge on any atom is 0.0626 e. The Balaban J connectivity index is 1.99. The van der Waals surface area contributed by atoms with E-state index in [9.17, 15) is 0 Å². The first-order valence-electron chi connectivity index (χ1n) is 5.03. The van der Waals surface area contributed by atoms with Crippen LogP contribution < -0.4 is 0 Å². The predicted octanol–water partition coefficient (Wildman–Crippen LogP) is 2.22. The number of hydrogen-bond donors (Lipinski definition) is 0. The summed E-state index contributed by atoms with van der Waals surface area (Å²) in [6, 6.07) is 0. The lowest BCUT2D eigenvalue weighted by Crippen LogP contribution is -2.23. The molecule has 1 atom stereocenters. The zero-order valence-corrected chi connectivity index (χ0v) is 10.5. The second-order valence-electron chi connectivity index (χ2n) is 3.84. The van der Waals surface area contributed by atoms with Crippen LogP contribution >= 0.6 is 22.6 Å². The molecule has 1 fully saturated rings. The van der Waals surface area contributed by atoms with Crippen molar-refractivity contribution in [2.24, 2.45) is 5.92 Å². The Morgan fingerprint density at radius 3 is 3.14 bits per heavy atom. The van der Waals surface area contributed by atoms with E-state index in [1.54, 1.807) is 0 Å². The molecule has 0 N–H and O–H groups in total. The molecular weight excluding hydrogens is 291 g/mol. The third kappa shape index (κ3) is 2.28. The molecule has 3 nitrogen and oxygen atoms in total. The van der Waals surface area contributed by atoms with Crippen LogP contribution in [0.5, 0.6) is 0 Å². The minimum absolute atomic E-state index is 0.651. The summed E-state index contributed by atoms with van der Waals surface area (Å²) in [7, 11) is 0. The van der Waals surface area contributed by atoms with E-state index in [2.05, 4.69) is 39.3 Å². The fraction of sp³-hybridized carbons (Fsp3) is 0.700. The highest BCUT2D eigenvalue weighted by Crippen LogP contribution is 2.17. The molecule has 0 aliphatic carbocycles. The number of ether oxygens (including phenoxy) is 1. The van der Waals surface area contributed by atoms with Crippen LogP contribution in [0.3, 0.4) is 0 Å². The summed E-state index contributed by atoms with van der Waals surface area (Å²) in [6.07, 6.45) is 4.40. The molecule has 0 aromatic carbocycles. The summed E-state index contributed by atoms with van der Waals surface area (Å²) in [5.41, 5.74) is 1.27. The van der Waals surface area contributed by atoms with E-state index in [0.29, 0.717) is 5.92 Å². The fourth-order valence-electron chi connectivity index (χ4n) is 1.80. The molecular formula is C10H15IN2O. The molecule has 1 aromatic rings. The van der Waals surface area contributed by atoms with Gasteiger partial charge in [0.2, 0.25) is 0 Å². The van der Waals surface area contributed by atoms with Gasteiger partial charge in [-0.15, -0.1) is 0 Å². The van der Waals surface area contributed by atoms with Crippen LogP contribution in [0, 0.1) is 16.4 Å². The molecule has 1 aromatic heterocycles. The Bertz CT molecular complexity index is 305. The van der Waals surface area contributed by atoms with Gasteiger partial charge in [-0.3, -0.25) is 4.68 Å². The van der Waals surface area contributed by atoms with Crippen molar-refractivity contribution in [2.75, 3.05) is 13.2 Å². The van der Waals surface area contributed by atoms with Crippen molar-refractivity contribution in [3.05, 3.63) is 15.5 Å². The number of hydrogen-bond acceptors (Lipinski definition) is 2. The smallest absolute Gasteiger partial charge is 0.0626 e. The van der Waals surface area contributed by atoms with Gasteiger partial charge in [0.05, 0.1) is 16.4 Å². The minimum Gasteiger partial charge on any atom is -0.381 e. The average Bonchev–Trinajstić information content (AvgIpc) is 2.52. The van der Waals surface area contributed by atoms with Crippen LogP contribution in [0.2, 0.25) is 0 Å². The normalized spacial score (nSPS) is 22.6. The average molecular weight is 306 g/mol. The Kier molecular flexibility index (Phi) is 3.43. The lowest BCUT2D eigenvalue weighted by molar-refractivity contribution is 0.0467. The summed E-state index contributed by atoms with van der Waals surface area (Å²) < 4.78 is 8.81. The molecule has 1 aliphatic heterocycles. The van der Waals surface area contributed by atoms with Crippen molar-refractivity contribution in [3.63, 3.8) is 0 Å². The molecule has 0 amide bonds. The van der Waals surface area contributed by atoms with Gasteiger partial charge in [0.25, 0.3) is 0 Å². The summed E-state index contributed by atoms with van der Waals surface area (Å²) >= 11 is 2.32. The third-order valence-corrected chi connectivity index (χ3v) is 3.79. The van der Waals surface area contributed by atoms with Crippen LogP contribution in [-0.4, -0.2) is 23.0 Å². The molecule has 14 heavy (non-hydrogen) atoms. The van der Waals surface area contributed by atoms with Gasteiger partial charge in [0, 0.05) is 24.8 Å². The quantitative estimate of drug-likeness (QED) is 0.784. The van der Waals surface area contributed by atoms with Gasteiger partial charge in [0.1, 0.15) is 0 Å². The number of halogens is 1. The number of aromatic nitrogens is 2. The minimum atomic E-state index is 0.651. The Morgan fingerprint density at radius 1 is 1.71 bits per heavy atom. The van der Waals surface area contributed by atoms with Crippen molar-refractivity contribution in [3.8, 4) is 0 Å². The molecule has 78 valence electrons. The molecule has 0 radical (unpaired) electrons. The Labute approximate surface area is 98.0 Å². The SMILES string of the molecule is Cc1c(I)cnn1CC1CCCOC1. The number of rotatable bonds is 2. The Hall–Kier alpha value is -0.100. The maximum absolute atomic E-state index is 5.46. The first-order chi connectivity index (χ1) is 6.77. The molecule has 0 spiro atoms. The summed E-state index contributed by atoms with van der Waals surface area (Å²) in [5, 5.41) is 4.36. The summed E-state index contributed by atoms with van der Waals surface area (Å²) in [6.45, 7) is 4.97. The van der Waals surface area contributed by atoms with Crippen LogP contribution in [0.1, 0.15) is 18.5 Å². The van der Waals surface area contributed by atoms with Crippen LogP contribution in [-0.2, 0) is 11.3 Å².